The van der Waals surface area contributed by atoms with Crippen LogP contribution in [-0.2, 0) is 9.84 Å². The normalized spacial score (nSPS) is 23.9. The van der Waals surface area contributed by atoms with Gasteiger partial charge in [0.2, 0.25) is 0 Å². The van der Waals surface area contributed by atoms with E-state index < -0.39 is 9.84 Å². The van der Waals surface area contributed by atoms with Crippen LogP contribution in [0, 0.1) is 0 Å². The molecule has 1 unspecified atom stereocenters. The van der Waals surface area contributed by atoms with Gasteiger partial charge in [-0.1, -0.05) is 6.42 Å². The SMILES string of the molecule is CC(C)S(=O)(=O)CCN1CCCCC1CN. The zero-order valence-electron chi connectivity index (χ0n) is 10.4. The molecular formula is C11H24N2O2S. The molecule has 0 aliphatic carbocycles. The minimum absolute atomic E-state index is 0.265. The van der Waals surface area contributed by atoms with Gasteiger partial charge in [0.15, 0.2) is 9.84 Å². The number of likely N-dealkylation sites (tertiary alicyclic amines) is 1. The van der Waals surface area contributed by atoms with Gasteiger partial charge < -0.3 is 5.73 Å². The lowest BCUT2D eigenvalue weighted by Crippen LogP contribution is -2.46. The van der Waals surface area contributed by atoms with E-state index in [0.717, 1.165) is 19.4 Å². The molecule has 0 bridgehead atoms. The number of hydrogen-bond acceptors (Lipinski definition) is 4. The molecule has 0 aromatic rings. The van der Waals surface area contributed by atoms with E-state index in [9.17, 15) is 8.42 Å². The van der Waals surface area contributed by atoms with E-state index in [1.165, 1.54) is 6.42 Å². The third-order valence-corrected chi connectivity index (χ3v) is 5.59. The molecule has 2 N–H and O–H groups in total. The molecule has 96 valence electrons. The summed E-state index contributed by atoms with van der Waals surface area (Å²) in [6.45, 7) is 5.76. The Balaban J connectivity index is 2.47. The van der Waals surface area contributed by atoms with Crippen molar-refractivity contribution in [2.75, 3.05) is 25.4 Å². The molecule has 1 atom stereocenters. The van der Waals surface area contributed by atoms with Crippen LogP contribution in [0.25, 0.3) is 0 Å². The monoisotopic (exact) mass is 248 g/mol. The molecule has 1 fully saturated rings. The first-order valence-corrected chi connectivity index (χ1v) is 7.84. The van der Waals surface area contributed by atoms with Crippen LogP contribution in [0.2, 0.25) is 0 Å². The topological polar surface area (TPSA) is 63.4 Å². The maximum atomic E-state index is 11.7. The molecule has 4 nitrogen and oxygen atoms in total. The Bertz CT molecular complexity index is 301. The quantitative estimate of drug-likeness (QED) is 0.775. The number of piperidine rings is 1. The first-order valence-electron chi connectivity index (χ1n) is 6.13. The second kappa shape index (κ2) is 5.98. The van der Waals surface area contributed by atoms with Crippen molar-refractivity contribution in [3.8, 4) is 0 Å². The summed E-state index contributed by atoms with van der Waals surface area (Å²) in [6.07, 6.45) is 3.49. The molecule has 1 saturated heterocycles. The number of nitrogens with zero attached hydrogens (tertiary/aromatic N) is 1. The first-order chi connectivity index (χ1) is 7.47. The highest BCUT2D eigenvalue weighted by atomic mass is 32.2. The largest absolute Gasteiger partial charge is 0.329 e. The lowest BCUT2D eigenvalue weighted by Gasteiger charge is -2.34. The average Bonchev–Trinajstić information content (AvgIpc) is 2.26. The molecule has 16 heavy (non-hydrogen) atoms. The van der Waals surface area contributed by atoms with Crippen LogP contribution < -0.4 is 5.73 Å². The molecule has 5 heteroatoms. The molecule has 1 aliphatic heterocycles. The van der Waals surface area contributed by atoms with E-state index in [-0.39, 0.29) is 11.0 Å². The Labute approximate surface area is 99.1 Å². The van der Waals surface area contributed by atoms with Crippen LogP contribution in [0.1, 0.15) is 33.1 Å². The van der Waals surface area contributed by atoms with Crippen LogP contribution in [0.3, 0.4) is 0 Å². The van der Waals surface area contributed by atoms with E-state index in [2.05, 4.69) is 4.90 Å². The molecular weight excluding hydrogens is 224 g/mol. The van der Waals surface area contributed by atoms with E-state index in [1.807, 2.05) is 0 Å². The second-order valence-electron chi connectivity index (χ2n) is 4.84. The Morgan fingerprint density at radius 1 is 1.38 bits per heavy atom. The fourth-order valence-electron chi connectivity index (χ4n) is 2.10. The predicted molar refractivity (Wildman–Crippen MR) is 67.2 cm³/mol. The van der Waals surface area contributed by atoms with Crippen molar-refractivity contribution < 1.29 is 8.42 Å². The van der Waals surface area contributed by atoms with Gasteiger partial charge in [0.05, 0.1) is 11.0 Å². The van der Waals surface area contributed by atoms with Crippen LogP contribution >= 0.6 is 0 Å². The van der Waals surface area contributed by atoms with Gasteiger partial charge in [-0.3, -0.25) is 4.90 Å². The van der Waals surface area contributed by atoms with Crippen LogP contribution in [0.5, 0.6) is 0 Å². The van der Waals surface area contributed by atoms with Crippen molar-refractivity contribution in [2.45, 2.75) is 44.4 Å². The third kappa shape index (κ3) is 3.71. The maximum Gasteiger partial charge on any atom is 0.153 e. The molecule has 0 amide bonds. The van der Waals surface area contributed by atoms with Crippen molar-refractivity contribution in [1.29, 1.82) is 0 Å². The van der Waals surface area contributed by atoms with Crippen molar-refractivity contribution in [2.24, 2.45) is 5.73 Å². The smallest absolute Gasteiger partial charge is 0.153 e. The Morgan fingerprint density at radius 2 is 2.06 bits per heavy atom. The lowest BCUT2D eigenvalue weighted by atomic mass is 10.0. The fourth-order valence-corrected chi connectivity index (χ4v) is 3.06. The third-order valence-electron chi connectivity index (χ3n) is 3.40. The highest BCUT2D eigenvalue weighted by molar-refractivity contribution is 7.92. The first kappa shape index (κ1) is 13.9. The number of nitrogens with two attached hydrogens (primary N) is 1. The lowest BCUT2D eigenvalue weighted by molar-refractivity contribution is 0.162. The highest BCUT2D eigenvalue weighted by Gasteiger charge is 2.23. The minimum Gasteiger partial charge on any atom is -0.329 e. The van der Waals surface area contributed by atoms with E-state index in [0.29, 0.717) is 19.1 Å². The van der Waals surface area contributed by atoms with Gasteiger partial charge in [-0.25, -0.2) is 8.42 Å². The van der Waals surface area contributed by atoms with Gasteiger partial charge >= 0.3 is 0 Å². The van der Waals surface area contributed by atoms with Gasteiger partial charge in [-0.05, 0) is 33.2 Å². The van der Waals surface area contributed by atoms with E-state index >= 15 is 0 Å². The summed E-state index contributed by atoms with van der Waals surface area (Å²) in [7, 11) is -2.91. The number of hydrogen-bond donors (Lipinski definition) is 1. The summed E-state index contributed by atoms with van der Waals surface area (Å²) in [5.74, 6) is 0.265. The number of rotatable bonds is 5. The van der Waals surface area contributed by atoms with Gasteiger partial charge in [0, 0.05) is 19.1 Å². The molecule has 1 heterocycles. The Morgan fingerprint density at radius 3 is 2.62 bits per heavy atom. The van der Waals surface area contributed by atoms with Crippen LogP contribution in [-0.4, -0.2) is 50.0 Å². The summed E-state index contributed by atoms with van der Waals surface area (Å²) in [4.78, 5) is 2.24. The van der Waals surface area contributed by atoms with Crippen molar-refractivity contribution in [3.63, 3.8) is 0 Å². The van der Waals surface area contributed by atoms with Gasteiger partial charge in [-0.2, -0.15) is 0 Å². The molecule has 1 rings (SSSR count). The number of sulfone groups is 1. The van der Waals surface area contributed by atoms with Crippen molar-refractivity contribution in [1.82, 2.24) is 4.90 Å². The van der Waals surface area contributed by atoms with Crippen molar-refractivity contribution in [3.05, 3.63) is 0 Å². The molecule has 0 saturated carbocycles. The van der Waals surface area contributed by atoms with Crippen LogP contribution in [0.4, 0.5) is 0 Å². The average molecular weight is 248 g/mol. The Kier molecular flexibility index (Phi) is 5.21. The predicted octanol–water partition coefficient (Wildman–Crippen LogP) is 0.623. The van der Waals surface area contributed by atoms with Gasteiger partial charge in [0.1, 0.15) is 0 Å². The summed E-state index contributed by atoms with van der Waals surface area (Å²) in [6, 6.07) is 0.385. The van der Waals surface area contributed by atoms with Gasteiger partial charge in [-0.15, -0.1) is 0 Å². The zero-order chi connectivity index (χ0) is 12.2. The summed E-state index contributed by atoms with van der Waals surface area (Å²) < 4.78 is 23.4. The summed E-state index contributed by atoms with van der Waals surface area (Å²) in [5, 5.41) is -0.270. The minimum atomic E-state index is -2.91. The molecule has 0 aromatic carbocycles. The van der Waals surface area contributed by atoms with E-state index in [1.54, 1.807) is 13.8 Å². The highest BCUT2D eigenvalue weighted by Crippen LogP contribution is 2.16. The van der Waals surface area contributed by atoms with Crippen LogP contribution in [0.15, 0.2) is 0 Å². The fraction of sp³-hybridized carbons (Fsp3) is 1.00. The molecule has 1 aliphatic rings. The molecule has 0 spiro atoms. The molecule has 0 aromatic heterocycles. The summed E-state index contributed by atoms with van der Waals surface area (Å²) in [5.41, 5.74) is 5.70. The van der Waals surface area contributed by atoms with E-state index in [4.69, 9.17) is 5.73 Å². The standard InChI is InChI=1S/C11H24N2O2S/c1-10(2)16(14,15)8-7-13-6-4-3-5-11(13)9-12/h10-11H,3-9,12H2,1-2H3. The van der Waals surface area contributed by atoms with Crippen molar-refractivity contribution >= 4 is 9.84 Å². The Hall–Kier alpha value is -0.130. The second-order valence-corrected chi connectivity index (χ2v) is 7.51. The maximum absolute atomic E-state index is 11.7. The summed E-state index contributed by atoms with van der Waals surface area (Å²) >= 11 is 0. The van der Waals surface area contributed by atoms with Gasteiger partial charge in [0.25, 0.3) is 0 Å². The molecule has 0 radical (unpaired) electrons. The zero-order valence-corrected chi connectivity index (χ0v) is 11.2.